The summed E-state index contributed by atoms with van der Waals surface area (Å²) in [5.74, 6) is 1.95. The minimum absolute atomic E-state index is 0.758. The van der Waals surface area contributed by atoms with Gasteiger partial charge < -0.3 is 0 Å². The van der Waals surface area contributed by atoms with Crippen molar-refractivity contribution < 1.29 is 4.58 Å². The third-order valence-corrected chi connectivity index (χ3v) is 7.08. The maximum absolute atomic E-state index is 5.30. The minimum Gasteiger partial charge on any atom is -0.226 e. The van der Waals surface area contributed by atoms with Gasteiger partial charge in [0.2, 0.25) is 0 Å². The highest BCUT2D eigenvalue weighted by Crippen LogP contribution is 2.41. The number of hydrogen-bond acceptors (Lipinski definition) is 3. The van der Waals surface area contributed by atoms with Crippen molar-refractivity contribution in [2.75, 3.05) is 12.0 Å². The van der Waals surface area contributed by atoms with Crippen molar-refractivity contribution in [1.82, 2.24) is 0 Å². The summed E-state index contributed by atoms with van der Waals surface area (Å²) in [7, 11) is 0. The molecule has 1 aliphatic carbocycles. The fraction of sp³-hybridized carbons (Fsp3) is 0.692. The van der Waals surface area contributed by atoms with Gasteiger partial charge in [0, 0.05) is 23.8 Å². The van der Waals surface area contributed by atoms with E-state index in [1.165, 1.54) is 31.4 Å². The molecule has 3 atom stereocenters. The molecule has 0 aromatic rings. The quantitative estimate of drug-likeness (QED) is 0.565. The molecule has 4 rings (SSSR count). The molecule has 0 amide bonds. The highest BCUT2D eigenvalue weighted by atomic mass is 32.2. The Morgan fingerprint density at radius 2 is 2.41 bits per heavy atom. The molecule has 0 spiro atoms. The van der Waals surface area contributed by atoms with Crippen LogP contribution in [0.15, 0.2) is 11.6 Å². The van der Waals surface area contributed by atoms with E-state index in [1.807, 2.05) is 11.8 Å². The normalized spacial score (nSPS) is 34.3. The van der Waals surface area contributed by atoms with Crippen molar-refractivity contribution in [1.29, 1.82) is 0 Å². The van der Waals surface area contributed by atoms with E-state index in [1.54, 1.807) is 17.3 Å². The Balaban J connectivity index is 1.66. The van der Waals surface area contributed by atoms with Gasteiger partial charge in [0.05, 0.1) is 6.42 Å². The maximum Gasteiger partial charge on any atom is 0.181 e. The number of nitrogens with zero attached hydrogens (tertiary/aromatic N) is 1. The number of thiocarbonyl (C=S) groups is 1. The van der Waals surface area contributed by atoms with Gasteiger partial charge in [0.15, 0.2) is 18.3 Å². The lowest BCUT2D eigenvalue weighted by atomic mass is 9.78. The summed E-state index contributed by atoms with van der Waals surface area (Å²) >= 11 is 8.88. The molecule has 0 radical (unpaired) electrons. The van der Waals surface area contributed by atoms with Crippen LogP contribution in [0, 0.1) is 5.92 Å². The van der Waals surface area contributed by atoms with Crippen LogP contribution in [0.4, 0.5) is 0 Å². The Kier molecular flexibility index (Phi) is 3.64. The van der Waals surface area contributed by atoms with Crippen molar-refractivity contribution in [3.05, 3.63) is 11.6 Å². The molecule has 3 heterocycles. The molecule has 92 valence electrons. The van der Waals surface area contributed by atoms with Crippen molar-refractivity contribution in [3.8, 4) is 0 Å². The van der Waals surface area contributed by atoms with Crippen LogP contribution in [0.25, 0.3) is 0 Å². The lowest BCUT2D eigenvalue weighted by Crippen LogP contribution is -2.50. The van der Waals surface area contributed by atoms with E-state index in [0.29, 0.717) is 0 Å². The van der Waals surface area contributed by atoms with Gasteiger partial charge in [-0.15, -0.1) is 23.5 Å². The third kappa shape index (κ3) is 2.24. The number of hydrogen-bond donors (Lipinski definition) is 0. The number of thioether (sulfide) groups is 2. The van der Waals surface area contributed by atoms with Gasteiger partial charge in [-0.2, -0.15) is 0 Å². The SMILES string of the molecule is CSC(=S)SCC1CCCC2CC3C1=CC=[N+]23. The fourth-order valence-electron chi connectivity index (χ4n) is 3.28. The molecule has 3 aliphatic heterocycles. The predicted octanol–water partition coefficient (Wildman–Crippen LogP) is 3.33. The molecule has 4 heteroatoms. The van der Waals surface area contributed by atoms with Crippen molar-refractivity contribution in [2.24, 2.45) is 5.92 Å². The highest BCUT2D eigenvalue weighted by molar-refractivity contribution is 8.47. The monoisotopic (exact) mass is 284 g/mol. The summed E-state index contributed by atoms with van der Waals surface area (Å²) < 4.78 is 3.68. The van der Waals surface area contributed by atoms with Crippen LogP contribution in [0.1, 0.15) is 25.7 Å². The summed E-state index contributed by atoms with van der Waals surface area (Å²) in [5.41, 5.74) is 1.69. The van der Waals surface area contributed by atoms with E-state index in [-0.39, 0.29) is 0 Å². The molecule has 1 saturated carbocycles. The number of fused-ring (bicyclic) bond motifs is 3. The average Bonchev–Trinajstić information content (AvgIpc) is 2.64. The molecule has 17 heavy (non-hydrogen) atoms. The van der Waals surface area contributed by atoms with Crippen LogP contribution in [0.5, 0.6) is 0 Å². The van der Waals surface area contributed by atoms with Crippen LogP contribution in [-0.4, -0.2) is 38.4 Å². The Morgan fingerprint density at radius 3 is 3.24 bits per heavy atom. The van der Waals surface area contributed by atoms with Crippen LogP contribution in [-0.2, 0) is 0 Å². The molecule has 0 aromatic carbocycles. The summed E-state index contributed by atoms with van der Waals surface area (Å²) in [4.78, 5) is 0. The van der Waals surface area contributed by atoms with Crippen LogP contribution >= 0.6 is 35.7 Å². The summed E-state index contributed by atoms with van der Waals surface area (Å²) in [6.45, 7) is 0. The van der Waals surface area contributed by atoms with E-state index in [4.69, 9.17) is 12.2 Å². The van der Waals surface area contributed by atoms with Crippen LogP contribution < -0.4 is 0 Å². The van der Waals surface area contributed by atoms with Gasteiger partial charge in [0.25, 0.3) is 0 Å². The first kappa shape index (κ1) is 12.2. The van der Waals surface area contributed by atoms with Gasteiger partial charge in [0.1, 0.15) is 3.53 Å². The second-order valence-electron chi connectivity index (χ2n) is 5.06. The molecular formula is C13H18NS3+. The number of allylic oxidation sites excluding steroid dienone is 1. The van der Waals surface area contributed by atoms with E-state index >= 15 is 0 Å². The fourth-order valence-corrected chi connectivity index (χ4v) is 4.86. The summed E-state index contributed by atoms with van der Waals surface area (Å²) in [5, 5.41) is 0. The summed E-state index contributed by atoms with van der Waals surface area (Å²) in [6.07, 6.45) is 12.3. The lowest BCUT2D eigenvalue weighted by Gasteiger charge is -2.36. The molecule has 1 nitrogen and oxygen atoms in total. The van der Waals surface area contributed by atoms with E-state index < -0.39 is 0 Å². The first-order valence-electron chi connectivity index (χ1n) is 6.32. The zero-order chi connectivity index (χ0) is 11.8. The molecule has 4 aliphatic rings. The van der Waals surface area contributed by atoms with E-state index in [9.17, 15) is 0 Å². The minimum atomic E-state index is 0.758. The van der Waals surface area contributed by atoms with Crippen molar-refractivity contribution >= 4 is 45.5 Å². The Hall–Kier alpha value is 0.200. The molecule has 2 saturated heterocycles. The second-order valence-corrected chi connectivity index (χ2v) is 8.09. The van der Waals surface area contributed by atoms with Gasteiger partial charge >= 0.3 is 0 Å². The van der Waals surface area contributed by atoms with Crippen molar-refractivity contribution in [3.63, 3.8) is 0 Å². The summed E-state index contributed by atoms with van der Waals surface area (Å²) in [6, 6.07) is 1.61. The number of rotatable bonds is 2. The lowest BCUT2D eigenvalue weighted by molar-refractivity contribution is -0.650. The van der Waals surface area contributed by atoms with E-state index in [0.717, 1.165) is 21.5 Å². The first-order valence-corrected chi connectivity index (χ1v) is 8.94. The molecule has 3 fully saturated rings. The van der Waals surface area contributed by atoms with Crippen LogP contribution in [0.2, 0.25) is 0 Å². The van der Waals surface area contributed by atoms with Gasteiger partial charge in [-0.25, -0.2) is 4.58 Å². The molecule has 0 N–H and O–H groups in total. The smallest absolute Gasteiger partial charge is 0.181 e. The molecule has 0 aromatic heterocycles. The third-order valence-electron chi connectivity index (χ3n) is 4.23. The molecule has 4 bridgehead atoms. The zero-order valence-electron chi connectivity index (χ0n) is 10.1. The van der Waals surface area contributed by atoms with E-state index in [2.05, 4.69) is 23.1 Å². The average molecular weight is 284 g/mol. The largest absolute Gasteiger partial charge is 0.226 e. The van der Waals surface area contributed by atoms with Gasteiger partial charge in [-0.1, -0.05) is 12.2 Å². The standard InChI is InChI=1S/C13H18NS3/c1-16-13(15)17-8-9-3-2-4-10-7-12-11(9)5-6-14(10)12/h5-6,9-10,12H,2-4,7-8H2,1H3/q+1. The molecule has 3 unspecified atom stereocenters. The predicted molar refractivity (Wildman–Crippen MR) is 82.5 cm³/mol. The Morgan fingerprint density at radius 1 is 1.53 bits per heavy atom. The highest BCUT2D eigenvalue weighted by Gasteiger charge is 2.50. The van der Waals surface area contributed by atoms with Crippen LogP contribution in [0.3, 0.4) is 0 Å². The van der Waals surface area contributed by atoms with Gasteiger partial charge in [-0.3, -0.25) is 0 Å². The first-order chi connectivity index (χ1) is 8.29. The Bertz CT molecular complexity index is 399. The molecular weight excluding hydrogens is 266 g/mol. The Labute approximate surface area is 117 Å². The maximum atomic E-state index is 5.30. The van der Waals surface area contributed by atoms with Gasteiger partial charge in [-0.05, 0) is 25.0 Å². The second kappa shape index (κ2) is 5.06. The van der Waals surface area contributed by atoms with Crippen molar-refractivity contribution in [2.45, 2.75) is 37.8 Å². The topological polar surface area (TPSA) is 3.01 Å². The zero-order valence-corrected chi connectivity index (χ0v) is 12.5.